The van der Waals surface area contributed by atoms with Crippen LogP contribution < -0.4 is 0 Å². The molecule has 0 aliphatic carbocycles. The van der Waals surface area contributed by atoms with Crippen molar-refractivity contribution in [1.82, 2.24) is 9.97 Å². The highest BCUT2D eigenvalue weighted by Gasteiger charge is 1.90. The van der Waals surface area contributed by atoms with E-state index in [1.54, 1.807) is 6.20 Å². The molecule has 15 heavy (non-hydrogen) atoms. The Hall–Kier alpha value is -1.96. The first-order chi connectivity index (χ1) is 7.34. The molecule has 0 N–H and O–H groups in total. The van der Waals surface area contributed by atoms with E-state index in [1.165, 1.54) is 0 Å². The van der Waals surface area contributed by atoms with Gasteiger partial charge in [0, 0.05) is 11.9 Å². The van der Waals surface area contributed by atoms with Crippen LogP contribution in [0.3, 0.4) is 0 Å². The lowest BCUT2D eigenvalue weighted by Gasteiger charge is -1.94. The topological polar surface area (TPSA) is 25.8 Å². The van der Waals surface area contributed by atoms with Crippen molar-refractivity contribution in [2.24, 2.45) is 0 Å². The molecule has 0 atom stereocenters. The lowest BCUT2D eigenvalue weighted by Crippen LogP contribution is -1.88. The molecule has 1 aromatic heterocycles. The maximum atomic E-state index is 4.29. The van der Waals surface area contributed by atoms with Gasteiger partial charge in [0.1, 0.15) is 0 Å². The van der Waals surface area contributed by atoms with Gasteiger partial charge >= 0.3 is 0 Å². The molecule has 0 fully saturated rings. The number of nitrogens with zero attached hydrogens (tertiary/aromatic N) is 2. The van der Waals surface area contributed by atoms with Gasteiger partial charge in [-0.2, -0.15) is 0 Å². The van der Waals surface area contributed by atoms with Crippen molar-refractivity contribution < 1.29 is 0 Å². The summed E-state index contributed by atoms with van der Waals surface area (Å²) in [7, 11) is 0. The van der Waals surface area contributed by atoms with E-state index in [0.29, 0.717) is 0 Å². The third-order valence-corrected chi connectivity index (χ3v) is 2.04. The maximum Gasteiger partial charge on any atom is 0.152 e. The fourth-order valence-corrected chi connectivity index (χ4v) is 1.28. The van der Waals surface area contributed by atoms with E-state index >= 15 is 0 Å². The molecule has 0 saturated heterocycles. The molecular weight excluding hydrogens is 184 g/mol. The molecule has 0 bridgehead atoms. The molecule has 0 spiro atoms. The Labute approximate surface area is 89.3 Å². The Morgan fingerprint density at radius 1 is 1.00 bits per heavy atom. The van der Waals surface area contributed by atoms with Crippen LogP contribution in [0.2, 0.25) is 0 Å². The smallest absolute Gasteiger partial charge is 0.152 e. The van der Waals surface area contributed by atoms with Crippen molar-refractivity contribution >= 4 is 12.2 Å². The predicted octanol–water partition coefficient (Wildman–Crippen LogP) is 2.96. The van der Waals surface area contributed by atoms with Gasteiger partial charge in [0.25, 0.3) is 0 Å². The van der Waals surface area contributed by atoms with Crippen molar-refractivity contribution in [2.75, 3.05) is 0 Å². The summed E-state index contributed by atoms with van der Waals surface area (Å²) in [4.78, 5) is 8.45. The first-order valence-electron chi connectivity index (χ1n) is 4.87. The summed E-state index contributed by atoms with van der Waals surface area (Å²) in [6.45, 7) is 1.96. The molecule has 0 aliphatic rings. The van der Waals surface area contributed by atoms with Gasteiger partial charge in [0.2, 0.25) is 0 Å². The van der Waals surface area contributed by atoms with E-state index in [4.69, 9.17) is 0 Å². The Balaban J connectivity index is 2.19. The van der Waals surface area contributed by atoms with Gasteiger partial charge in [-0.1, -0.05) is 36.4 Å². The molecule has 2 aromatic rings. The zero-order valence-electron chi connectivity index (χ0n) is 8.59. The van der Waals surface area contributed by atoms with E-state index in [2.05, 4.69) is 9.97 Å². The zero-order chi connectivity index (χ0) is 10.5. The van der Waals surface area contributed by atoms with Crippen LogP contribution in [0.15, 0.2) is 42.6 Å². The Morgan fingerprint density at radius 3 is 2.53 bits per heavy atom. The van der Waals surface area contributed by atoms with Crippen molar-refractivity contribution in [1.29, 1.82) is 0 Å². The quantitative estimate of drug-likeness (QED) is 0.738. The summed E-state index contributed by atoms with van der Waals surface area (Å²) in [5.74, 6) is 0.749. The minimum Gasteiger partial charge on any atom is -0.237 e. The summed E-state index contributed by atoms with van der Waals surface area (Å²) >= 11 is 0. The molecule has 74 valence electrons. The van der Waals surface area contributed by atoms with Crippen LogP contribution in [0.5, 0.6) is 0 Å². The number of aryl methyl sites for hydroxylation is 1. The zero-order valence-corrected chi connectivity index (χ0v) is 8.59. The van der Waals surface area contributed by atoms with E-state index in [-0.39, 0.29) is 0 Å². The molecule has 0 saturated carbocycles. The Morgan fingerprint density at radius 2 is 1.80 bits per heavy atom. The second-order valence-electron chi connectivity index (χ2n) is 3.30. The number of aromatic nitrogens is 2. The normalized spacial score (nSPS) is 10.7. The molecule has 1 heterocycles. The highest BCUT2D eigenvalue weighted by molar-refractivity contribution is 5.66. The second kappa shape index (κ2) is 4.51. The summed E-state index contributed by atoms with van der Waals surface area (Å²) in [5, 5.41) is 0. The van der Waals surface area contributed by atoms with E-state index in [0.717, 1.165) is 17.1 Å². The monoisotopic (exact) mass is 196 g/mol. The lowest BCUT2D eigenvalue weighted by molar-refractivity contribution is 1.08. The van der Waals surface area contributed by atoms with Crippen molar-refractivity contribution in [3.8, 4) is 0 Å². The maximum absolute atomic E-state index is 4.29. The van der Waals surface area contributed by atoms with Crippen molar-refractivity contribution in [3.05, 3.63) is 59.7 Å². The Kier molecular flexibility index (Phi) is 2.88. The summed E-state index contributed by atoms with van der Waals surface area (Å²) in [5.41, 5.74) is 2.14. The third kappa shape index (κ3) is 2.74. The van der Waals surface area contributed by atoms with Crippen molar-refractivity contribution in [3.63, 3.8) is 0 Å². The highest BCUT2D eigenvalue weighted by Crippen LogP contribution is 2.04. The summed E-state index contributed by atoms with van der Waals surface area (Å²) in [6.07, 6.45) is 5.70. The van der Waals surface area contributed by atoms with E-state index in [9.17, 15) is 0 Å². The van der Waals surface area contributed by atoms with Crippen LogP contribution in [-0.2, 0) is 0 Å². The molecule has 0 aliphatic heterocycles. The summed E-state index contributed by atoms with van der Waals surface area (Å²) in [6, 6.07) is 12.0. The van der Waals surface area contributed by atoms with Gasteiger partial charge in [-0.25, -0.2) is 9.97 Å². The van der Waals surface area contributed by atoms with Crippen molar-refractivity contribution in [2.45, 2.75) is 6.92 Å². The molecular formula is C13H12N2. The van der Waals surface area contributed by atoms with Gasteiger partial charge in [0.15, 0.2) is 5.82 Å². The molecule has 0 radical (unpaired) electrons. The van der Waals surface area contributed by atoms with Crippen LogP contribution in [0.1, 0.15) is 17.1 Å². The third-order valence-electron chi connectivity index (χ3n) is 2.04. The first kappa shape index (κ1) is 9.59. The Bertz CT molecular complexity index is 461. The summed E-state index contributed by atoms with van der Waals surface area (Å²) < 4.78 is 0. The standard InChI is InChI=1S/C13H12N2/c1-11-9-10-14-13(15-11)8-7-12-5-3-2-4-6-12/h2-10H,1H3/b8-7+. The highest BCUT2D eigenvalue weighted by atomic mass is 14.9. The van der Waals surface area contributed by atoms with E-state index < -0.39 is 0 Å². The molecule has 2 nitrogen and oxygen atoms in total. The largest absolute Gasteiger partial charge is 0.237 e. The fraction of sp³-hybridized carbons (Fsp3) is 0.0769. The predicted molar refractivity (Wildman–Crippen MR) is 62.1 cm³/mol. The van der Waals surface area contributed by atoms with Gasteiger partial charge in [-0.3, -0.25) is 0 Å². The average Bonchev–Trinajstić information content (AvgIpc) is 2.28. The minimum absolute atomic E-state index is 0.749. The molecule has 2 rings (SSSR count). The molecule has 2 heteroatoms. The molecule has 1 aromatic carbocycles. The van der Waals surface area contributed by atoms with Crippen LogP contribution >= 0.6 is 0 Å². The van der Waals surface area contributed by atoms with E-state index in [1.807, 2.05) is 55.5 Å². The average molecular weight is 196 g/mol. The minimum atomic E-state index is 0.749. The van der Waals surface area contributed by atoms with Gasteiger partial charge < -0.3 is 0 Å². The number of hydrogen-bond donors (Lipinski definition) is 0. The first-order valence-corrected chi connectivity index (χ1v) is 4.87. The lowest BCUT2D eigenvalue weighted by atomic mass is 10.2. The second-order valence-corrected chi connectivity index (χ2v) is 3.30. The number of hydrogen-bond acceptors (Lipinski definition) is 2. The number of rotatable bonds is 2. The SMILES string of the molecule is Cc1ccnc(/C=C/c2ccccc2)n1. The van der Waals surface area contributed by atoms with Crippen LogP contribution in [-0.4, -0.2) is 9.97 Å². The van der Waals surface area contributed by atoms with Crippen LogP contribution in [0.4, 0.5) is 0 Å². The van der Waals surface area contributed by atoms with Crippen LogP contribution in [0, 0.1) is 6.92 Å². The molecule has 0 unspecified atom stereocenters. The fourth-order valence-electron chi connectivity index (χ4n) is 1.28. The van der Waals surface area contributed by atoms with Gasteiger partial charge in [-0.15, -0.1) is 0 Å². The van der Waals surface area contributed by atoms with Gasteiger partial charge in [-0.05, 0) is 24.6 Å². The van der Waals surface area contributed by atoms with Gasteiger partial charge in [0.05, 0.1) is 0 Å². The molecule has 0 amide bonds. The number of benzene rings is 1. The van der Waals surface area contributed by atoms with Crippen LogP contribution in [0.25, 0.3) is 12.2 Å².